The molecule has 0 saturated carbocycles. The molecule has 0 aromatic heterocycles. The van der Waals surface area contributed by atoms with Crippen LogP contribution in [0.2, 0.25) is 0 Å². The first-order chi connectivity index (χ1) is 7.26. The predicted molar refractivity (Wildman–Crippen MR) is 65.5 cm³/mol. The largest absolute Gasteiger partial charge is 0.409 e. The van der Waals surface area contributed by atoms with Gasteiger partial charge in [-0.05, 0) is 36.8 Å². The minimum absolute atomic E-state index is 0.315. The number of nitrogens with one attached hydrogen (secondary N) is 1. The lowest BCUT2D eigenvalue weighted by molar-refractivity contribution is 0.315. The van der Waals surface area contributed by atoms with Gasteiger partial charge in [0, 0.05) is 12.5 Å². The van der Waals surface area contributed by atoms with Gasteiger partial charge in [0.05, 0.1) is 0 Å². The smallest absolute Gasteiger partial charge is 0.140 e. The van der Waals surface area contributed by atoms with Crippen molar-refractivity contribution in [2.24, 2.45) is 16.8 Å². The van der Waals surface area contributed by atoms with E-state index < -0.39 is 0 Å². The van der Waals surface area contributed by atoms with Crippen LogP contribution in [0.4, 0.5) is 0 Å². The highest BCUT2D eigenvalue weighted by atomic mass is 32.2. The summed E-state index contributed by atoms with van der Waals surface area (Å²) in [7, 11) is 0. The fourth-order valence-electron chi connectivity index (χ4n) is 1.73. The molecule has 15 heavy (non-hydrogen) atoms. The minimum Gasteiger partial charge on any atom is -0.409 e. The Balaban J connectivity index is 2.20. The molecular formula is C10H21N3OS. The zero-order chi connectivity index (χ0) is 11.1. The van der Waals surface area contributed by atoms with E-state index in [1.165, 1.54) is 17.9 Å². The molecule has 88 valence electrons. The number of thioether (sulfide) groups is 1. The van der Waals surface area contributed by atoms with E-state index in [9.17, 15) is 0 Å². The molecule has 0 spiro atoms. The predicted octanol–water partition coefficient (Wildman–Crippen LogP) is 1.24. The number of hydrogen-bond acceptors (Lipinski definition) is 4. The molecule has 0 aromatic rings. The van der Waals surface area contributed by atoms with Gasteiger partial charge in [-0.3, -0.25) is 0 Å². The summed E-state index contributed by atoms with van der Waals surface area (Å²) < 4.78 is 0. The number of nitrogens with zero attached hydrogens (tertiary/aromatic N) is 1. The summed E-state index contributed by atoms with van der Waals surface area (Å²) in [6.45, 7) is 3.18. The quantitative estimate of drug-likeness (QED) is 0.278. The average molecular weight is 231 g/mol. The average Bonchev–Trinajstić information content (AvgIpc) is 2.76. The zero-order valence-corrected chi connectivity index (χ0v) is 10.1. The molecule has 0 aliphatic carbocycles. The topological polar surface area (TPSA) is 70.6 Å². The normalized spacial score (nSPS) is 24.3. The maximum atomic E-state index is 8.49. The van der Waals surface area contributed by atoms with E-state index >= 15 is 0 Å². The Labute approximate surface area is 95.7 Å². The lowest BCUT2D eigenvalue weighted by Crippen LogP contribution is -2.36. The Hall–Kier alpha value is -0.420. The van der Waals surface area contributed by atoms with Crippen LogP contribution in [0.5, 0.6) is 0 Å². The zero-order valence-electron chi connectivity index (χ0n) is 9.28. The van der Waals surface area contributed by atoms with Gasteiger partial charge in [-0.15, -0.1) is 0 Å². The van der Waals surface area contributed by atoms with Gasteiger partial charge in [0.1, 0.15) is 5.84 Å². The lowest BCUT2D eigenvalue weighted by Gasteiger charge is -2.18. The summed E-state index contributed by atoms with van der Waals surface area (Å²) in [6, 6.07) is 0.339. The minimum atomic E-state index is 0.315. The van der Waals surface area contributed by atoms with Crippen molar-refractivity contribution in [1.29, 1.82) is 0 Å². The van der Waals surface area contributed by atoms with Gasteiger partial charge in [0.15, 0.2) is 0 Å². The van der Waals surface area contributed by atoms with Crippen LogP contribution in [0.25, 0.3) is 0 Å². The Bertz CT molecular complexity index is 205. The van der Waals surface area contributed by atoms with Crippen molar-refractivity contribution in [3.8, 4) is 0 Å². The lowest BCUT2D eigenvalue weighted by atomic mass is 10.1. The summed E-state index contributed by atoms with van der Waals surface area (Å²) in [5.74, 6) is 3.68. The molecule has 0 aromatic carbocycles. The summed E-state index contributed by atoms with van der Waals surface area (Å²) in [4.78, 5) is 0. The van der Waals surface area contributed by atoms with Crippen LogP contribution in [-0.4, -0.2) is 35.1 Å². The van der Waals surface area contributed by atoms with Crippen LogP contribution < -0.4 is 11.1 Å². The molecule has 4 N–H and O–H groups in total. The number of amidine groups is 1. The van der Waals surface area contributed by atoms with Crippen molar-refractivity contribution < 1.29 is 5.21 Å². The molecule has 1 aliphatic rings. The monoisotopic (exact) mass is 231 g/mol. The van der Waals surface area contributed by atoms with Gasteiger partial charge < -0.3 is 16.3 Å². The maximum Gasteiger partial charge on any atom is 0.140 e. The third-order valence-electron chi connectivity index (χ3n) is 2.80. The highest BCUT2D eigenvalue weighted by Crippen LogP contribution is 2.22. The van der Waals surface area contributed by atoms with Gasteiger partial charge in [-0.1, -0.05) is 12.1 Å². The molecule has 1 saturated heterocycles. The first kappa shape index (κ1) is 12.6. The highest BCUT2D eigenvalue weighted by molar-refractivity contribution is 7.99. The molecular weight excluding hydrogens is 210 g/mol. The van der Waals surface area contributed by atoms with E-state index in [1.807, 2.05) is 11.8 Å². The van der Waals surface area contributed by atoms with E-state index in [2.05, 4.69) is 17.4 Å². The second-order valence-corrected chi connectivity index (χ2v) is 5.19. The molecule has 0 amide bonds. The molecule has 1 rings (SSSR count). The number of nitrogens with two attached hydrogens (primary N) is 1. The van der Waals surface area contributed by atoms with Crippen molar-refractivity contribution in [3.63, 3.8) is 0 Å². The van der Waals surface area contributed by atoms with Crippen molar-refractivity contribution in [1.82, 2.24) is 5.32 Å². The van der Waals surface area contributed by atoms with E-state index in [4.69, 9.17) is 10.9 Å². The van der Waals surface area contributed by atoms with Gasteiger partial charge in [0.2, 0.25) is 0 Å². The summed E-state index contributed by atoms with van der Waals surface area (Å²) in [5.41, 5.74) is 5.49. The molecule has 1 heterocycles. The Morgan fingerprint density at radius 2 is 2.53 bits per heavy atom. The third kappa shape index (κ3) is 4.75. The SMILES string of the molecule is CCC(CC(N)=NO)NCC1CCSC1. The molecule has 5 heteroatoms. The van der Waals surface area contributed by atoms with Crippen LogP contribution >= 0.6 is 11.8 Å². The molecule has 0 bridgehead atoms. The van der Waals surface area contributed by atoms with Gasteiger partial charge >= 0.3 is 0 Å². The first-order valence-corrected chi connectivity index (χ1v) is 6.69. The second kappa shape index (κ2) is 6.95. The van der Waals surface area contributed by atoms with Crippen molar-refractivity contribution in [3.05, 3.63) is 0 Å². The van der Waals surface area contributed by atoms with Crippen molar-refractivity contribution in [2.45, 2.75) is 32.2 Å². The van der Waals surface area contributed by atoms with Crippen LogP contribution in [0.1, 0.15) is 26.2 Å². The summed E-state index contributed by atoms with van der Waals surface area (Å²) in [5, 5.41) is 15.0. The molecule has 4 nitrogen and oxygen atoms in total. The van der Waals surface area contributed by atoms with E-state index in [-0.39, 0.29) is 0 Å². The second-order valence-electron chi connectivity index (χ2n) is 4.04. The van der Waals surface area contributed by atoms with Gasteiger partial charge in [-0.2, -0.15) is 11.8 Å². The van der Waals surface area contributed by atoms with E-state index in [1.54, 1.807) is 0 Å². The summed E-state index contributed by atoms with van der Waals surface area (Å²) >= 11 is 2.03. The molecule has 2 unspecified atom stereocenters. The standard InChI is InChI=1S/C10H21N3OS/c1-2-9(5-10(11)13-14)12-6-8-3-4-15-7-8/h8-9,12,14H,2-7H2,1H3,(H2,11,13). The summed E-state index contributed by atoms with van der Waals surface area (Å²) in [6.07, 6.45) is 2.96. The van der Waals surface area contributed by atoms with Crippen LogP contribution in [0, 0.1) is 5.92 Å². The van der Waals surface area contributed by atoms with Gasteiger partial charge in [0.25, 0.3) is 0 Å². The maximum absolute atomic E-state index is 8.49. The highest BCUT2D eigenvalue weighted by Gasteiger charge is 2.17. The number of hydrogen-bond donors (Lipinski definition) is 3. The molecule has 1 fully saturated rings. The van der Waals surface area contributed by atoms with E-state index in [0.29, 0.717) is 18.3 Å². The number of rotatable bonds is 6. The fraction of sp³-hybridized carbons (Fsp3) is 0.900. The van der Waals surface area contributed by atoms with Crippen LogP contribution in [0.15, 0.2) is 5.16 Å². The first-order valence-electron chi connectivity index (χ1n) is 5.53. The fourth-order valence-corrected chi connectivity index (χ4v) is 3.02. The van der Waals surface area contributed by atoms with E-state index in [0.717, 1.165) is 18.9 Å². The number of oxime groups is 1. The third-order valence-corrected chi connectivity index (χ3v) is 4.03. The van der Waals surface area contributed by atoms with Crippen molar-refractivity contribution >= 4 is 17.6 Å². The van der Waals surface area contributed by atoms with Gasteiger partial charge in [-0.25, -0.2) is 0 Å². The molecule has 0 radical (unpaired) electrons. The van der Waals surface area contributed by atoms with Crippen LogP contribution in [-0.2, 0) is 0 Å². The Morgan fingerprint density at radius 3 is 3.07 bits per heavy atom. The Kier molecular flexibility index (Phi) is 5.86. The molecule has 2 atom stereocenters. The van der Waals surface area contributed by atoms with Crippen molar-refractivity contribution in [2.75, 3.05) is 18.1 Å². The Morgan fingerprint density at radius 1 is 1.73 bits per heavy atom. The molecule has 1 aliphatic heterocycles. The van der Waals surface area contributed by atoms with Crippen LogP contribution in [0.3, 0.4) is 0 Å².